The highest BCUT2D eigenvalue weighted by Crippen LogP contribution is 2.11. The number of carbonyl (C=O) groups is 1. The Morgan fingerprint density at radius 2 is 2.24 bits per heavy atom. The van der Waals surface area contributed by atoms with E-state index in [4.69, 9.17) is 0 Å². The predicted molar refractivity (Wildman–Crippen MR) is 68.1 cm³/mol. The minimum absolute atomic E-state index is 0.0422. The molecule has 1 rings (SSSR count). The van der Waals surface area contributed by atoms with E-state index >= 15 is 0 Å². The van der Waals surface area contributed by atoms with Gasteiger partial charge in [-0.05, 0) is 13.8 Å². The first-order chi connectivity index (χ1) is 8.17. The molecule has 0 radical (unpaired) electrons. The molecule has 0 spiro atoms. The van der Waals surface area contributed by atoms with Crippen molar-refractivity contribution in [1.29, 1.82) is 0 Å². The van der Waals surface area contributed by atoms with Crippen molar-refractivity contribution >= 4 is 17.7 Å². The molecule has 1 heterocycles. The molecule has 0 saturated heterocycles. The van der Waals surface area contributed by atoms with E-state index in [1.807, 2.05) is 13.8 Å². The lowest BCUT2D eigenvalue weighted by atomic mass is 10.3. The lowest BCUT2D eigenvalue weighted by Gasteiger charge is -2.09. The second-order valence-corrected chi connectivity index (χ2v) is 3.61. The summed E-state index contributed by atoms with van der Waals surface area (Å²) in [6.45, 7) is 5.05. The molecule has 6 nitrogen and oxygen atoms in total. The molecule has 0 aliphatic rings. The number of aryl methyl sites for hydroxylation is 1. The summed E-state index contributed by atoms with van der Waals surface area (Å²) in [6, 6.07) is 0. The van der Waals surface area contributed by atoms with E-state index in [1.165, 1.54) is 0 Å². The van der Waals surface area contributed by atoms with Gasteiger partial charge < -0.3 is 16.0 Å². The fraction of sp³-hybridized carbons (Fsp3) is 0.545. The van der Waals surface area contributed by atoms with Crippen LogP contribution in [0.2, 0.25) is 0 Å². The van der Waals surface area contributed by atoms with Crippen molar-refractivity contribution in [2.45, 2.75) is 20.3 Å². The fourth-order valence-electron chi connectivity index (χ4n) is 1.32. The predicted octanol–water partition coefficient (Wildman–Crippen LogP) is 0.765. The van der Waals surface area contributed by atoms with Crippen molar-refractivity contribution in [3.8, 4) is 0 Å². The quantitative estimate of drug-likeness (QED) is 0.681. The van der Waals surface area contributed by atoms with E-state index in [1.54, 1.807) is 13.2 Å². The topological polar surface area (TPSA) is 78.9 Å². The Hall–Kier alpha value is -1.85. The van der Waals surface area contributed by atoms with Gasteiger partial charge in [-0.2, -0.15) is 4.98 Å². The molecule has 0 unspecified atom stereocenters. The second kappa shape index (κ2) is 6.67. The van der Waals surface area contributed by atoms with Crippen molar-refractivity contribution in [1.82, 2.24) is 15.3 Å². The van der Waals surface area contributed by atoms with Gasteiger partial charge in [-0.3, -0.25) is 4.79 Å². The molecular weight excluding hydrogens is 218 g/mol. The van der Waals surface area contributed by atoms with Gasteiger partial charge in [-0.25, -0.2) is 4.98 Å². The maximum absolute atomic E-state index is 11.2. The Balaban J connectivity index is 2.48. The van der Waals surface area contributed by atoms with Gasteiger partial charge in [0, 0.05) is 38.3 Å². The normalized spacial score (nSPS) is 9.82. The molecule has 0 aromatic carbocycles. The number of nitrogens with zero attached hydrogens (tertiary/aromatic N) is 2. The molecule has 0 bridgehead atoms. The molecule has 17 heavy (non-hydrogen) atoms. The highest BCUT2D eigenvalue weighted by atomic mass is 16.1. The first-order valence-corrected chi connectivity index (χ1v) is 5.69. The highest BCUT2D eigenvalue weighted by Gasteiger charge is 2.03. The van der Waals surface area contributed by atoms with Crippen LogP contribution in [0.15, 0.2) is 6.20 Å². The summed E-state index contributed by atoms with van der Waals surface area (Å²) in [6.07, 6.45) is 2.18. The van der Waals surface area contributed by atoms with Crippen LogP contribution in [0, 0.1) is 6.92 Å². The zero-order valence-corrected chi connectivity index (χ0v) is 10.5. The molecule has 0 fully saturated rings. The zero-order valence-electron chi connectivity index (χ0n) is 10.5. The fourth-order valence-corrected chi connectivity index (χ4v) is 1.32. The summed E-state index contributed by atoms with van der Waals surface area (Å²) in [5.74, 6) is 1.37. The van der Waals surface area contributed by atoms with Crippen molar-refractivity contribution < 1.29 is 4.79 Å². The van der Waals surface area contributed by atoms with Gasteiger partial charge in [-0.15, -0.1) is 0 Å². The molecule has 1 amide bonds. The van der Waals surface area contributed by atoms with Gasteiger partial charge in [0.05, 0.1) is 0 Å². The highest BCUT2D eigenvalue weighted by molar-refractivity contribution is 5.76. The Morgan fingerprint density at radius 3 is 2.88 bits per heavy atom. The first kappa shape index (κ1) is 13.2. The van der Waals surface area contributed by atoms with Gasteiger partial charge in [0.1, 0.15) is 5.82 Å². The number of hydrogen-bond donors (Lipinski definition) is 3. The van der Waals surface area contributed by atoms with Crippen LogP contribution in [0.1, 0.15) is 18.9 Å². The molecule has 94 valence electrons. The van der Waals surface area contributed by atoms with Crippen molar-refractivity contribution in [3.05, 3.63) is 11.8 Å². The first-order valence-electron chi connectivity index (χ1n) is 5.69. The van der Waals surface area contributed by atoms with Gasteiger partial charge in [0.15, 0.2) is 0 Å². The van der Waals surface area contributed by atoms with Gasteiger partial charge >= 0.3 is 0 Å². The standard InChI is InChI=1S/C11H19N5O/c1-4-13-9(17)5-6-14-10-8(2)7-15-11(12-3)16-10/h7H,4-6H2,1-3H3,(H,13,17)(H2,12,14,15,16). The maximum Gasteiger partial charge on any atom is 0.224 e. The number of nitrogens with one attached hydrogen (secondary N) is 3. The van der Waals surface area contributed by atoms with E-state index in [2.05, 4.69) is 25.9 Å². The van der Waals surface area contributed by atoms with Crippen molar-refractivity contribution in [2.75, 3.05) is 30.8 Å². The molecule has 0 saturated carbocycles. The molecule has 0 atom stereocenters. The minimum atomic E-state index is 0.0422. The summed E-state index contributed by atoms with van der Waals surface area (Å²) in [4.78, 5) is 19.6. The number of aromatic nitrogens is 2. The summed E-state index contributed by atoms with van der Waals surface area (Å²) in [7, 11) is 1.77. The number of hydrogen-bond acceptors (Lipinski definition) is 5. The van der Waals surface area contributed by atoms with E-state index in [0.29, 0.717) is 25.5 Å². The van der Waals surface area contributed by atoms with Gasteiger partial charge in [0.25, 0.3) is 0 Å². The zero-order chi connectivity index (χ0) is 12.7. The molecule has 3 N–H and O–H groups in total. The Kier molecular flexibility index (Phi) is 5.19. The number of carbonyl (C=O) groups excluding carboxylic acids is 1. The Labute approximate surface area is 101 Å². The Bertz CT molecular complexity index is 380. The van der Waals surface area contributed by atoms with Crippen LogP contribution in [-0.4, -0.2) is 36.0 Å². The van der Waals surface area contributed by atoms with Crippen LogP contribution in [0.3, 0.4) is 0 Å². The van der Waals surface area contributed by atoms with Gasteiger partial charge in [-0.1, -0.05) is 0 Å². The summed E-state index contributed by atoms with van der Waals surface area (Å²) in [5, 5.41) is 8.74. The Morgan fingerprint density at radius 1 is 1.47 bits per heavy atom. The van der Waals surface area contributed by atoms with E-state index in [-0.39, 0.29) is 5.91 Å². The van der Waals surface area contributed by atoms with Crippen molar-refractivity contribution in [2.24, 2.45) is 0 Å². The third-order valence-corrected chi connectivity index (χ3v) is 2.21. The SMILES string of the molecule is CCNC(=O)CCNc1nc(NC)ncc1C. The van der Waals surface area contributed by atoms with Crippen LogP contribution >= 0.6 is 0 Å². The average Bonchev–Trinajstić information content (AvgIpc) is 2.32. The lowest BCUT2D eigenvalue weighted by Crippen LogP contribution is -2.25. The monoisotopic (exact) mass is 237 g/mol. The maximum atomic E-state index is 11.2. The summed E-state index contributed by atoms with van der Waals surface area (Å²) < 4.78 is 0. The third-order valence-electron chi connectivity index (χ3n) is 2.21. The van der Waals surface area contributed by atoms with E-state index in [9.17, 15) is 4.79 Å². The molecule has 0 aliphatic carbocycles. The lowest BCUT2D eigenvalue weighted by molar-refractivity contribution is -0.120. The van der Waals surface area contributed by atoms with Crippen LogP contribution in [0.25, 0.3) is 0 Å². The number of amides is 1. The largest absolute Gasteiger partial charge is 0.369 e. The second-order valence-electron chi connectivity index (χ2n) is 3.61. The van der Waals surface area contributed by atoms with E-state index < -0.39 is 0 Å². The van der Waals surface area contributed by atoms with Crippen LogP contribution in [0.5, 0.6) is 0 Å². The van der Waals surface area contributed by atoms with Crippen LogP contribution in [0.4, 0.5) is 11.8 Å². The molecule has 1 aromatic rings. The van der Waals surface area contributed by atoms with Gasteiger partial charge in [0.2, 0.25) is 11.9 Å². The van der Waals surface area contributed by atoms with Crippen molar-refractivity contribution in [3.63, 3.8) is 0 Å². The van der Waals surface area contributed by atoms with Crippen LogP contribution < -0.4 is 16.0 Å². The molecular formula is C11H19N5O. The van der Waals surface area contributed by atoms with E-state index in [0.717, 1.165) is 11.4 Å². The third kappa shape index (κ3) is 4.26. The average molecular weight is 237 g/mol. The summed E-state index contributed by atoms with van der Waals surface area (Å²) >= 11 is 0. The molecule has 1 aromatic heterocycles. The van der Waals surface area contributed by atoms with Crippen LogP contribution in [-0.2, 0) is 4.79 Å². The smallest absolute Gasteiger partial charge is 0.224 e. The number of rotatable bonds is 6. The number of anilines is 2. The minimum Gasteiger partial charge on any atom is -0.369 e. The molecule has 6 heteroatoms. The summed E-state index contributed by atoms with van der Waals surface area (Å²) in [5.41, 5.74) is 0.958. The molecule has 0 aliphatic heterocycles.